The molecule has 2 aromatic rings. The van der Waals surface area contributed by atoms with Gasteiger partial charge < -0.3 is 14.4 Å². The van der Waals surface area contributed by atoms with Crippen LogP contribution in [0.1, 0.15) is 0 Å². The molecule has 0 aliphatic carbocycles. The first kappa shape index (κ1) is 17.8. The fourth-order valence-electron chi connectivity index (χ4n) is 1.98. The van der Waals surface area contributed by atoms with E-state index in [0.717, 1.165) is 10.7 Å². The summed E-state index contributed by atoms with van der Waals surface area (Å²) in [5, 5.41) is 7.21. The minimum absolute atomic E-state index is 0.180. The monoisotopic (exact) mass is 339 g/mol. The van der Waals surface area contributed by atoms with E-state index in [4.69, 9.17) is 9.47 Å². The van der Waals surface area contributed by atoms with Gasteiger partial charge in [-0.3, -0.25) is 0 Å². The van der Waals surface area contributed by atoms with Crippen molar-refractivity contribution in [2.24, 2.45) is 0 Å². The Bertz CT molecular complexity index is 737. The molecule has 10 heteroatoms. The van der Waals surface area contributed by atoms with Gasteiger partial charge in [-0.05, 0) is 28.6 Å². The molecular formula is C14H18FN5O4. The van der Waals surface area contributed by atoms with Crippen LogP contribution in [-0.2, 0) is 9.47 Å². The van der Waals surface area contributed by atoms with Gasteiger partial charge in [-0.15, -0.1) is 4.68 Å². The Labute approximate surface area is 137 Å². The van der Waals surface area contributed by atoms with Crippen LogP contribution in [0.5, 0.6) is 0 Å². The second kappa shape index (κ2) is 8.31. The Hall–Kier alpha value is -2.59. The highest BCUT2D eigenvalue weighted by atomic mass is 19.1. The quantitative estimate of drug-likeness (QED) is 0.666. The van der Waals surface area contributed by atoms with Gasteiger partial charge in [0.25, 0.3) is 0 Å². The zero-order chi connectivity index (χ0) is 17.5. The highest BCUT2D eigenvalue weighted by Crippen LogP contribution is 2.05. The number of aromatic nitrogens is 4. The normalized spacial score (nSPS) is 10.8. The van der Waals surface area contributed by atoms with Crippen LogP contribution in [0.25, 0.3) is 5.69 Å². The number of ether oxygens (including phenoxy) is 2. The van der Waals surface area contributed by atoms with Crippen molar-refractivity contribution in [3.63, 3.8) is 0 Å². The van der Waals surface area contributed by atoms with Crippen LogP contribution in [0.15, 0.2) is 29.1 Å². The van der Waals surface area contributed by atoms with Crippen LogP contribution in [0.3, 0.4) is 0 Å². The molecule has 0 fully saturated rings. The first-order chi connectivity index (χ1) is 11.6. The van der Waals surface area contributed by atoms with Gasteiger partial charge in [0, 0.05) is 27.3 Å². The number of carbonyl (C=O) groups excluding carboxylic acids is 1. The molecule has 2 rings (SSSR count). The molecule has 24 heavy (non-hydrogen) atoms. The van der Waals surface area contributed by atoms with Crippen LogP contribution in [0, 0.1) is 5.82 Å². The van der Waals surface area contributed by atoms with Crippen molar-refractivity contribution in [1.82, 2.24) is 24.7 Å². The molecule has 0 aliphatic heterocycles. The lowest BCUT2D eigenvalue weighted by Gasteiger charge is -2.20. The number of hydrogen-bond donors (Lipinski definition) is 0. The predicted molar refractivity (Wildman–Crippen MR) is 81.7 cm³/mol. The number of hydrogen-bond acceptors (Lipinski definition) is 6. The molecule has 1 amide bonds. The molecule has 0 spiro atoms. The Balaban J connectivity index is 2.27. The minimum Gasteiger partial charge on any atom is -0.383 e. The smallest absolute Gasteiger partial charge is 0.377 e. The lowest BCUT2D eigenvalue weighted by atomic mass is 10.3. The van der Waals surface area contributed by atoms with E-state index in [-0.39, 0.29) is 18.8 Å². The molecule has 9 nitrogen and oxygen atoms in total. The van der Waals surface area contributed by atoms with Crippen molar-refractivity contribution < 1.29 is 18.7 Å². The van der Waals surface area contributed by atoms with Gasteiger partial charge in [-0.1, -0.05) is 6.07 Å². The molecule has 1 heterocycles. The number of methoxy groups -OCH3 is 2. The number of carbonyl (C=O) groups is 1. The second-order valence-electron chi connectivity index (χ2n) is 4.82. The molecule has 0 N–H and O–H groups in total. The third-order valence-corrected chi connectivity index (χ3v) is 3.22. The van der Waals surface area contributed by atoms with E-state index < -0.39 is 17.5 Å². The van der Waals surface area contributed by atoms with Crippen molar-refractivity contribution >= 4 is 6.03 Å². The summed E-state index contributed by atoms with van der Waals surface area (Å²) in [5.41, 5.74) is -0.607. The van der Waals surface area contributed by atoms with Crippen molar-refractivity contribution in [3.8, 4) is 5.69 Å². The summed E-state index contributed by atoms with van der Waals surface area (Å²) in [7, 11) is 3.01. The zero-order valence-corrected chi connectivity index (χ0v) is 13.4. The fourth-order valence-corrected chi connectivity index (χ4v) is 1.98. The van der Waals surface area contributed by atoms with Crippen LogP contribution in [0.2, 0.25) is 0 Å². The van der Waals surface area contributed by atoms with E-state index in [9.17, 15) is 14.0 Å². The minimum atomic E-state index is -0.787. The van der Waals surface area contributed by atoms with Crippen molar-refractivity contribution in [3.05, 3.63) is 40.6 Å². The molecule has 0 aliphatic rings. The third-order valence-electron chi connectivity index (χ3n) is 3.22. The second-order valence-corrected chi connectivity index (χ2v) is 4.82. The van der Waals surface area contributed by atoms with Gasteiger partial charge in [0.2, 0.25) is 0 Å². The number of halogens is 1. The van der Waals surface area contributed by atoms with Crippen LogP contribution in [-0.4, -0.2) is 71.2 Å². The molecule has 0 unspecified atom stereocenters. The Morgan fingerprint density at radius 3 is 2.46 bits per heavy atom. The van der Waals surface area contributed by atoms with Gasteiger partial charge in [0.1, 0.15) is 5.82 Å². The van der Waals surface area contributed by atoms with Gasteiger partial charge >= 0.3 is 11.7 Å². The summed E-state index contributed by atoms with van der Waals surface area (Å²) in [6.45, 7) is 1.11. The SMILES string of the molecule is COCCN(CCOC)C(=O)n1nnn(-c2cccc(F)c2)c1=O. The zero-order valence-electron chi connectivity index (χ0n) is 13.4. The summed E-state index contributed by atoms with van der Waals surface area (Å²) in [6.07, 6.45) is 0. The third kappa shape index (κ3) is 4.03. The molecule has 0 saturated heterocycles. The van der Waals surface area contributed by atoms with Crippen LogP contribution in [0.4, 0.5) is 9.18 Å². The first-order valence-corrected chi connectivity index (χ1v) is 7.16. The van der Waals surface area contributed by atoms with Gasteiger partial charge in [0.15, 0.2) is 0 Å². The van der Waals surface area contributed by atoms with E-state index >= 15 is 0 Å². The van der Waals surface area contributed by atoms with Crippen LogP contribution < -0.4 is 5.69 Å². The average Bonchev–Trinajstić information content (AvgIpc) is 2.96. The Kier molecular flexibility index (Phi) is 6.15. The van der Waals surface area contributed by atoms with E-state index in [2.05, 4.69) is 10.4 Å². The Morgan fingerprint density at radius 2 is 1.88 bits per heavy atom. The fraction of sp³-hybridized carbons (Fsp3) is 0.429. The molecule has 130 valence electrons. The maximum atomic E-state index is 13.3. The number of amides is 1. The van der Waals surface area contributed by atoms with E-state index in [1.807, 2.05) is 0 Å². The van der Waals surface area contributed by atoms with Crippen LogP contribution >= 0.6 is 0 Å². The predicted octanol–water partition coefficient (Wildman–Crippen LogP) is 0.131. The van der Waals surface area contributed by atoms with Crippen molar-refractivity contribution in [1.29, 1.82) is 0 Å². The highest BCUT2D eigenvalue weighted by Gasteiger charge is 2.21. The van der Waals surface area contributed by atoms with Crippen molar-refractivity contribution in [2.75, 3.05) is 40.5 Å². The average molecular weight is 339 g/mol. The summed E-state index contributed by atoms with van der Waals surface area (Å²) < 4.78 is 24.7. The number of tetrazole rings is 1. The maximum Gasteiger partial charge on any atom is 0.377 e. The molecule has 0 radical (unpaired) electrons. The maximum absolute atomic E-state index is 13.3. The number of nitrogens with zero attached hydrogens (tertiary/aromatic N) is 5. The summed E-state index contributed by atoms with van der Waals surface area (Å²) >= 11 is 0. The van der Waals surface area contributed by atoms with E-state index in [0.29, 0.717) is 17.9 Å². The first-order valence-electron chi connectivity index (χ1n) is 7.16. The highest BCUT2D eigenvalue weighted by molar-refractivity contribution is 5.75. The molecule has 0 atom stereocenters. The largest absolute Gasteiger partial charge is 0.383 e. The standard InChI is InChI=1S/C14H18FN5O4/c1-23-8-6-18(7-9-24-2)13(21)20-14(22)19(16-17-20)12-5-3-4-11(15)10-12/h3-5,10H,6-9H2,1-2H3. The topological polar surface area (TPSA) is 91.5 Å². The molecule has 0 saturated carbocycles. The lowest BCUT2D eigenvalue weighted by molar-refractivity contribution is 0.121. The van der Waals surface area contributed by atoms with Gasteiger partial charge in [-0.2, -0.15) is 4.68 Å². The lowest BCUT2D eigenvalue weighted by Crippen LogP contribution is -2.43. The van der Waals surface area contributed by atoms with Gasteiger partial charge in [0.05, 0.1) is 18.9 Å². The molecular weight excluding hydrogens is 321 g/mol. The number of benzene rings is 1. The number of rotatable bonds is 7. The van der Waals surface area contributed by atoms with Crippen molar-refractivity contribution in [2.45, 2.75) is 0 Å². The summed E-state index contributed by atoms with van der Waals surface area (Å²) in [5.74, 6) is -0.526. The summed E-state index contributed by atoms with van der Waals surface area (Å²) in [4.78, 5) is 26.2. The molecule has 1 aromatic carbocycles. The summed E-state index contributed by atoms with van der Waals surface area (Å²) in [6, 6.07) is 4.62. The molecule has 1 aromatic heterocycles. The molecule has 0 bridgehead atoms. The van der Waals surface area contributed by atoms with E-state index in [1.54, 1.807) is 0 Å². The Morgan fingerprint density at radius 1 is 1.21 bits per heavy atom. The van der Waals surface area contributed by atoms with Gasteiger partial charge in [-0.25, -0.2) is 14.0 Å². The van der Waals surface area contributed by atoms with E-state index in [1.165, 1.54) is 37.3 Å².